The van der Waals surface area contributed by atoms with Gasteiger partial charge in [0, 0.05) is 31.5 Å². The van der Waals surface area contributed by atoms with Gasteiger partial charge in [0.2, 0.25) is 0 Å². The van der Waals surface area contributed by atoms with Crippen LogP contribution in [-0.4, -0.2) is 38.9 Å². The molecule has 0 atom stereocenters. The summed E-state index contributed by atoms with van der Waals surface area (Å²) >= 11 is 0. The molecule has 4 rings (SSSR count). The third kappa shape index (κ3) is 4.87. The number of nitrogens with two attached hydrogens (primary N) is 1. The van der Waals surface area contributed by atoms with Crippen molar-refractivity contribution in [1.82, 2.24) is 14.8 Å². The fourth-order valence-corrected chi connectivity index (χ4v) is 3.12. The molecule has 0 saturated heterocycles. The molecule has 0 radical (unpaired) electrons. The van der Waals surface area contributed by atoms with Crippen molar-refractivity contribution in [3.63, 3.8) is 0 Å². The van der Waals surface area contributed by atoms with Crippen LogP contribution in [0.15, 0.2) is 42.7 Å². The number of urea groups is 1. The van der Waals surface area contributed by atoms with Gasteiger partial charge >= 0.3 is 18.2 Å². The molecule has 1 aliphatic heterocycles. The van der Waals surface area contributed by atoms with Crippen molar-refractivity contribution in [3.8, 4) is 11.5 Å². The Labute approximate surface area is 194 Å². The lowest BCUT2D eigenvalue weighted by atomic mass is 10.2. The average Bonchev–Trinajstić information content (AvgIpc) is 3.13. The average molecular weight is 495 g/mol. The molecule has 0 fully saturated rings. The molecule has 15 heteroatoms. The molecule has 3 aromatic rings. The predicted molar refractivity (Wildman–Crippen MR) is 114 cm³/mol. The van der Waals surface area contributed by atoms with E-state index in [2.05, 4.69) is 35.5 Å². The van der Waals surface area contributed by atoms with Gasteiger partial charge in [-0.1, -0.05) is 0 Å². The van der Waals surface area contributed by atoms with Crippen molar-refractivity contribution in [2.45, 2.75) is 18.8 Å². The number of alkyl halides is 4. The Bertz CT molecular complexity index is 1300. The summed E-state index contributed by atoms with van der Waals surface area (Å²) in [6.45, 7) is 0.211. The van der Waals surface area contributed by atoms with Gasteiger partial charge in [-0.15, -0.1) is 0 Å². The van der Waals surface area contributed by atoms with Gasteiger partial charge in [-0.05, 0) is 29.8 Å². The van der Waals surface area contributed by atoms with E-state index in [1.54, 1.807) is 19.2 Å². The number of nitrogens with one attached hydrogen (secondary N) is 3. The lowest BCUT2D eigenvalue weighted by molar-refractivity contribution is -0.391. The van der Waals surface area contributed by atoms with E-state index in [1.165, 1.54) is 23.1 Å². The first-order valence-corrected chi connectivity index (χ1v) is 9.81. The maximum absolute atomic E-state index is 13.5. The first kappa shape index (κ1) is 23.6. The fourth-order valence-electron chi connectivity index (χ4n) is 3.12. The molecule has 35 heavy (non-hydrogen) atoms. The molecular weight excluding hydrogens is 478 g/mol. The first-order valence-electron chi connectivity index (χ1n) is 9.81. The number of hydrogen-bond acceptors (Lipinski definition) is 7. The van der Waals surface area contributed by atoms with Gasteiger partial charge in [-0.2, -0.15) is 22.7 Å². The number of hydrogen-bond donors (Lipinski definition) is 4. The number of fused-ring (bicyclic) bond motifs is 1. The quantitative estimate of drug-likeness (QED) is 0.385. The molecule has 0 unspecified atom stereocenters. The van der Waals surface area contributed by atoms with Crippen LogP contribution in [0.4, 0.5) is 39.7 Å². The molecule has 0 bridgehead atoms. The molecule has 3 heterocycles. The van der Waals surface area contributed by atoms with E-state index in [1.807, 2.05) is 0 Å². The van der Waals surface area contributed by atoms with Gasteiger partial charge in [0.05, 0.1) is 6.20 Å². The number of anilines is 3. The van der Waals surface area contributed by atoms with Crippen LogP contribution in [-0.2, 0) is 13.6 Å². The number of aromatic nitrogens is 3. The molecule has 184 valence electrons. The van der Waals surface area contributed by atoms with E-state index in [4.69, 9.17) is 5.73 Å². The number of benzene rings is 1. The molecular formula is C20H17F4N7O4. The summed E-state index contributed by atoms with van der Waals surface area (Å²) < 4.78 is 63.0. The van der Waals surface area contributed by atoms with Gasteiger partial charge in [-0.25, -0.2) is 9.78 Å². The van der Waals surface area contributed by atoms with Gasteiger partial charge in [0.25, 0.3) is 5.91 Å². The minimum atomic E-state index is -4.89. The van der Waals surface area contributed by atoms with Crippen molar-refractivity contribution in [1.29, 1.82) is 0 Å². The molecule has 5 N–H and O–H groups in total. The summed E-state index contributed by atoms with van der Waals surface area (Å²) in [5, 5.41) is 11.9. The maximum atomic E-state index is 13.5. The molecule has 1 aromatic carbocycles. The summed E-state index contributed by atoms with van der Waals surface area (Å²) in [6, 6.07) is 5.56. The van der Waals surface area contributed by atoms with Crippen molar-refractivity contribution in [3.05, 3.63) is 53.9 Å². The number of nitrogens with zero attached hydrogens (tertiary/aromatic N) is 3. The molecule has 0 aliphatic carbocycles. The van der Waals surface area contributed by atoms with E-state index in [0.717, 1.165) is 12.1 Å². The van der Waals surface area contributed by atoms with E-state index in [0.29, 0.717) is 11.4 Å². The van der Waals surface area contributed by atoms with Crippen molar-refractivity contribution >= 4 is 29.3 Å². The topological polar surface area (TPSA) is 145 Å². The Morgan fingerprint density at radius 3 is 2.49 bits per heavy atom. The number of primary amides is 1. The number of aryl methyl sites for hydroxylation is 1. The zero-order valence-electron chi connectivity index (χ0n) is 17.8. The zero-order chi connectivity index (χ0) is 25.4. The summed E-state index contributed by atoms with van der Waals surface area (Å²) in [4.78, 5) is 27.8. The van der Waals surface area contributed by atoms with Crippen molar-refractivity contribution < 1.29 is 36.6 Å². The van der Waals surface area contributed by atoms with E-state index < -0.39 is 35.7 Å². The normalized spacial score (nSPS) is 15.2. The zero-order valence-corrected chi connectivity index (χ0v) is 17.8. The van der Waals surface area contributed by atoms with Crippen LogP contribution >= 0.6 is 0 Å². The Morgan fingerprint density at radius 2 is 1.77 bits per heavy atom. The lowest BCUT2D eigenvalue weighted by Gasteiger charge is -2.31. The second-order valence-corrected chi connectivity index (χ2v) is 7.28. The van der Waals surface area contributed by atoms with Gasteiger partial charge in [-0.3, -0.25) is 14.8 Å². The maximum Gasteiger partial charge on any atom is 0.507 e. The van der Waals surface area contributed by atoms with E-state index >= 15 is 0 Å². The number of halogens is 4. The Kier molecular flexibility index (Phi) is 5.84. The minimum absolute atomic E-state index is 0.00975. The van der Waals surface area contributed by atoms with Gasteiger partial charge in [0.15, 0.2) is 11.5 Å². The smallest absolute Gasteiger partial charge is 0.421 e. The highest BCUT2D eigenvalue weighted by Gasteiger charge is 2.65. The van der Waals surface area contributed by atoms with E-state index in [9.17, 15) is 27.2 Å². The summed E-state index contributed by atoms with van der Waals surface area (Å²) in [5.74, 6) is -1.39. The highest BCUT2D eigenvalue weighted by Crippen LogP contribution is 2.47. The fraction of sp³-hybridized carbons (Fsp3) is 0.200. The summed E-state index contributed by atoms with van der Waals surface area (Å²) in [7, 11) is 1.58. The molecule has 2 aromatic heterocycles. The Balaban J connectivity index is 1.48. The second kappa shape index (κ2) is 8.66. The van der Waals surface area contributed by atoms with E-state index in [-0.39, 0.29) is 23.6 Å². The standard InChI is InChI=1S/C20H17F4N7O4/c1-31-16(27-8-10-4-5-26-15(6-10)30-18(25)33)12(9-28-31)17(32)29-11-2-3-13-14(7-11)35-20(23,24)19(21,22)34-13/h2-7,9,27H,8H2,1H3,(H,29,32)(H3,25,26,30,33). The predicted octanol–water partition coefficient (Wildman–Crippen LogP) is 3.13. The lowest BCUT2D eigenvalue weighted by Crippen LogP contribution is -2.52. The highest BCUT2D eigenvalue weighted by molar-refractivity contribution is 6.07. The van der Waals surface area contributed by atoms with Crippen LogP contribution in [0.2, 0.25) is 0 Å². The molecule has 0 spiro atoms. The summed E-state index contributed by atoms with van der Waals surface area (Å²) in [5.41, 5.74) is 5.86. The number of pyridine rings is 1. The largest absolute Gasteiger partial charge is 0.507 e. The van der Waals surface area contributed by atoms with Crippen LogP contribution in [0.1, 0.15) is 15.9 Å². The highest BCUT2D eigenvalue weighted by atomic mass is 19.3. The SMILES string of the molecule is Cn1ncc(C(=O)Nc2ccc3c(c2)OC(F)(F)C(F)(F)O3)c1NCc1ccnc(NC(N)=O)c1. The molecule has 3 amide bonds. The molecule has 1 aliphatic rings. The van der Waals surface area contributed by atoms with Crippen LogP contribution in [0.5, 0.6) is 11.5 Å². The number of rotatable bonds is 6. The molecule has 11 nitrogen and oxygen atoms in total. The second-order valence-electron chi connectivity index (χ2n) is 7.28. The van der Waals surface area contributed by atoms with Crippen LogP contribution < -0.4 is 31.2 Å². The Hall–Kier alpha value is -4.56. The van der Waals surface area contributed by atoms with Crippen molar-refractivity contribution in [2.75, 3.05) is 16.0 Å². The number of carbonyl (C=O) groups is 2. The van der Waals surface area contributed by atoms with Crippen LogP contribution in [0.25, 0.3) is 0 Å². The monoisotopic (exact) mass is 495 g/mol. The first-order chi connectivity index (χ1) is 16.4. The Morgan fingerprint density at radius 1 is 1.06 bits per heavy atom. The van der Waals surface area contributed by atoms with Crippen LogP contribution in [0, 0.1) is 0 Å². The van der Waals surface area contributed by atoms with Crippen LogP contribution in [0.3, 0.4) is 0 Å². The van der Waals surface area contributed by atoms with Gasteiger partial charge in [0.1, 0.15) is 17.2 Å². The third-order valence-electron chi connectivity index (χ3n) is 4.74. The minimum Gasteiger partial charge on any atom is -0.421 e. The van der Waals surface area contributed by atoms with Crippen molar-refractivity contribution in [2.24, 2.45) is 12.8 Å². The number of carbonyl (C=O) groups excluding carboxylic acids is 2. The number of amides is 3. The summed E-state index contributed by atoms with van der Waals surface area (Å²) in [6.07, 6.45) is -6.99. The third-order valence-corrected chi connectivity index (χ3v) is 4.74. The van der Waals surface area contributed by atoms with Gasteiger partial charge < -0.3 is 25.8 Å². The molecule has 0 saturated carbocycles. The number of ether oxygens (including phenoxy) is 2.